The van der Waals surface area contributed by atoms with E-state index in [1.54, 1.807) is 72.8 Å². The van der Waals surface area contributed by atoms with Crippen LogP contribution in [0, 0.1) is 0 Å². The Morgan fingerprint density at radius 2 is 1.29 bits per heavy atom. The molecule has 0 spiro atoms. The maximum Gasteiger partial charge on any atom is 0.370 e. The highest BCUT2D eigenvalue weighted by molar-refractivity contribution is 9.10. The topological polar surface area (TPSA) is 84.0 Å². The summed E-state index contributed by atoms with van der Waals surface area (Å²) < 4.78 is 23.4. The fraction of sp³-hybridized carbons (Fsp3) is 0.152. The Bertz CT molecular complexity index is 1630. The van der Waals surface area contributed by atoms with Crippen molar-refractivity contribution in [2.75, 3.05) is 7.05 Å². The van der Waals surface area contributed by atoms with Crippen molar-refractivity contribution in [3.05, 3.63) is 141 Å². The minimum atomic E-state index is -3.11. The number of alkyl halides is 1. The van der Waals surface area contributed by atoms with Gasteiger partial charge in [-0.1, -0.05) is 101 Å². The van der Waals surface area contributed by atoms with Crippen molar-refractivity contribution >= 4 is 39.6 Å². The molecule has 0 fully saturated rings. The monoisotopic (exact) mass is 628 g/mol. The van der Waals surface area contributed by atoms with Gasteiger partial charge in [-0.15, -0.1) is 0 Å². The first-order valence-electron chi connectivity index (χ1n) is 13.1. The molecule has 0 radical (unpaired) electrons. The molecule has 42 heavy (non-hydrogen) atoms. The lowest BCUT2D eigenvalue weighted by atomic mass is 9.87. The average Bonchev–Trinajstić information content (AvgIpc) is 3.29. The van der Waals surface area contributed by atoms with E-state index in [1.165, 1.54) is 43.3 Å². The molecular weight excluding hydrogens is 603 g/mol. The van der Waals surface area contributed by atoms with Crippen LogP contribution in [0.4, 0.5) is 4.39 Å². The van der Waals surface area contributed by atoms with Gasteiger partial charge in [-0.25, -0.2) is 9.18 Å². The molecule has 0 aromatic heterocycles. The van der Waals surface area contributed by atoms with Gasteiger partial charge < -0.3 is 4.74 Å². The summed E-state index contributed by atoms with van der Waals surface area (Å²) in [6, 6.07) is 28.8. The second-order valence-electron chi connectivity index (χ2n) is 9.98. The molecule has 4 aromatic rings. The predicted molar refractivity (Wildman–Crippen MR) is 157 cm³/mol. The van der Waals surface area contributed by atoms with Crippen molar-refractivity contribution in [2.24, 2.45) is 0 Å². The van der Waals surface area contributed by atoms with Gasteiger partial charge in [0.25, 0.3) is 17.7 Å². The van der Waals surface area contributed by atoms with Crippen LogP contribution in [0.1, 0.15) is 44.3 Å². The van der Waals surface area contributed by atoms with Crippen LogP contribution in [-0.4, -0.2) is 40.5 Å². The number of hydrogen-bond acceptors (Lipinski definition) is 5. The second kappa shape index (κ2) is 11.3. The third kappa shape index (κ3) is 4.79. The number of imide groups is 1. The molecule has 212 valence electrons. The van der Waals surface area contributed by atoms with Gasteiger partial charge in [0, 0.05) is 17.1 Å². The quantitative estimate of drug-likeness (QED) is 0.136. The van der Waals surface area contributed by atoms with E-state index >= 15 is 4.39 Å². The van der Waals surface area contributed by atoms with Crippen LogP contribution in [-0.2, 0) is 32.3 Å². The molecule has 7 nitrogen and oxygen atoms in total. The second-order valence-corrected chi connectivity index (χ2v) is 10.9. The first-order valence-corrected chi connectivity index (χ1v) is 13.9. The van der Waals surface area contributed by atoms with Gasteiger partial charge in [0.15, 0.2) is 5.54 Å². The number of esters is 1. The Balaban J connectivity index is 1.61. The minimum Gasteiger partial charge on any atom is -0.457 e. The molecule has 1 aliphatic rings. The fourth-order valence-corrected chi connectivity index (χ4v) is 5.38. The lowest BCUT2D eigenvalue weighted by Crippen LogP contribution is -2.61. The molecule has 0 bridgehead atoms. The SMILES string of the molecule is CN(C(=O)C(C)(c1ccc(Br)cc1)N1C(=O)c2ccccc2C1=O)[C@@](F)(C(=O)OCc1ccccc1)c1ccccc1. The third-order valence-corrected chi connectivity index (χ3v) is 8.00. The molecule has 3 amide bonds. The van der Waals surface area contributed by atoms with E-state index in [2.05, 4.69) is 15.9 Å². The number of ether oxygens (including phenoxy) is 1. The summed E-state index contributed by atoms with van der Waals surface area (Å²) in [7, 11) is 1.12. The molecule has 1 aliphatic heterocycles. The van der Waals surface area contributed by atoms with Crippen molar-refractivity contribution in [2.45, 2.75) is 24.9 Å². The molecule has 1 heterocycles. The largest absolute Gasteiger partial charge is 0.457 e. The Labute approximate surface area is 250 Å². The summed E-state index contributed by atoms with van der Waals surface area (Å²) in [5.41, 5.74) is -1.09. The number of carbonyl (C=O) groups excluding carboxylic acids is 4. The summed E-state index contributed by atoms with van der Waals surface area (Å²) >= 11 is 3.36. The van der Waals surface area contributed by atoms with Crippen LogP contribution >= 0.6 is 15.9 Å². The molecule has 0 saturated heterocycles. The third-order valence-electron chi connectivity index (χ3n) is 7.47. The first kappa shape index (κ1) is 28.9. The Kier molecular flexibility index (Phi) is 7.79. The summed E-state index contributed by atoms with van der Waals surface area (Å²) in [6.07, 6.45) is 0. The van der Waals surface area contributed by atoms with Crippen molar-refractivity contribution in [1.82, 2.24) is 9.80 Å². The molecule has 0 aliphatic carbocycles. The molecule has 0 N–H and O–H groups in total. The minimum absolute atomic E-state index is 0.123. The van der Waals surface area contributed by atoms with Gasteiger partial charge in [-0.3, -0.25) is 24.2 Å². The molecule has 4 aromatic carbocycles. The lowest BCUT2D eigenvalue weighted by Gasteiger charge is -2.42. The smallest absolute Gasteiger partial charge is 0.370 e. The first-order chi connectivity index (χ1) is 20.1. The normalized spacial score (nSPS) is 15.4. The van der Waals surface area contributed by atoms with Crippen molar-refractivity contribution in [3.8, 4) is 0 Å². The maximum atomic E-state index is 17.4. The van der Waals surface area contributed by atoms with Crippen LogP contribution in [0.25, 0.3) is 0 Å². The fourth-order valence-electron chi connectivity index (χ4n) is 5.11. The molecular formula is C33H26BrFN2O5. The zero-order valence-electron chi connectivity index (χ0n) is 22.8. The lowest BCUT2D eigenvalue weighted by molar-refractivity contribution is -0.183. The average molecular weight is 629 g/mol. The van der Waals surface area contributed by atoms with Crippen LogP contribution < -0.4 is 0 Å². The Morgan fingerprint density at radius 1 is 0.786 bits per heavy atom. The number of halogens is 2. The van der Waals surface area contributed by atoms with E-state index in [-0.39, 0.29) is 28.9 Å². The van der Waals surface area contributed by atoms with E-state index in [0.29, 0.717) is 14.9 Å². The van der Waals surface area contributed by atoms with Crippen LogP contribution in [0.2, 0.25) is 0 Å². The van der Waals surface area contributed by atoms with Gasteiger partial charge in [0.2, 0.25) is 0 Å². The summed E-state index contributed by atoms with van der Waals surface area (Å²) in [5, 5.41) is 0. The zero-order chi connectivity index (χ0) is 30.1. The maximum absolute atomic E-state index is 17.4. The summed E-state index contributed by atoms with van der Waals surface area (Å²) in [6.45, 7) is 1.14. The van der Waals surface area contributed by atoms with Crippen molar-refractivity contribution < 1.29 is 28.3 Å². The van der Waals surface area contributed by atoms with Gasteiger partial charge >= 0.3 is 11.8 Å². The molecule has 2 atom stereocenters. The zero-order valence-corrected chi connectivity index (χ0v) is 24.4. The number of fused-ring (bicyclic) bond motifs is 1. The molecule has 1 unspecified atom stereocenters. The van der Waals surface area contributed by atoms with Gasteiger partial charge in [-0.05, 0) is 42.3 Å². The van der Waals surface area contributed by atoms with Gasteiger partial charge in [0.1, 0.15) is 6.61 Å². The van der Waals surface area contributed by atoms with Gasteiger partial charge in [0.05, 0.1) is 11.1 Å². The van der Waals surface area contributed by atoms with E-state index in [1.807, 2.05) is 0 Å². The van der Waals surface area contributed by atoms with Crippen LogP contribution in [0.5, 0.6) is 0 Å². The Hall–Kier alpha value is -4.63. The van der Waals surface area contributed by atoms with E-state index in [0.717, 1.165) is 11.9 Å². The highest BCUT2D eigenvalue weighted by atomic mass is 79.9. The Morgan fingerprint density at radius 3 is 1.83 bits per heavy atom. The van der Waals surface area contributed by atoms with Gasteiger partial charge in [-0.2, -0.15) is 0 Å². The van der Waals surface area contributed by atoms with Crippen molar-refractivity contribution in [3.63, 3.8) is 0 Å². The van der Waals surface area contributed by atoms with Crippen molar-refractivity contribution in [1.29, 1.82) is 0 Å². The van der Waals surface area contributed by atoms with Crippen LogP contribution in [0.3, 0.4) is 0 Å². The number of benzene rings is 4. The molecule has 9 heteroatoms. The van der Waals surface area contributed by atoms with E-state index in [4.69, 9.17) is 4.74 Å². The number of hydrogen-bond donors (Lipinski definition) is 0. The molecule has 5 rings (SSSR count). The highest BCUT2D eigenvalue weighted by Crippen LogP contribution is 2.41. The van der Waals surface area contributed by atoms with Crippen LogP contribution in [0.15, 0.2) is 114 Å². The van der Waals surface area contributed by atoms with E-state index in [9.17, 15) is 19.2 Å². The summed E-state index contributed by atoms with van der Waals surface area (Å²) in [5.74, 6) is -6.86. The number of carbonyl (C=O) groups is 4. The summed E-state index contributed by atoms with van der Waals surface area (Å²) in [4.78, 5) is 57.0. The highest BCUT2D eigenvalue weighted by Gasteiger charge is 2.58. The predicted octanol–water partition coefficient (Wildman–Crippen LogP) is 5.98. The number of likely N-dealkylation sites (N-methyl/N-ethyl adjacent to an activating group) is 1. The number of rotatable bonds is 8. The number of amides is 3. The number of nitrogens with zero attached hydrogens (tertiary/aromatic N) is 2. The standard InChI is InChI=1S/C33H26BrFN2O5/c1-32(23-17-19-25(34)20-18-23,37-28(38)26-15-9-10-16-27(26)29(37)39)30(40)36(2)33(35,24-13-7-4-8-14-24)31(41)42-21-22-11-5-3-6-12-22/h3-20H,21H2,1-2H3/t32?,33-/m1/s1. The van der Waals surface area contributed by atoms with E-state index < -0.39 is 35.0 Å². The molecule has 0 saturated carbocycles.